The van der Waals surface area contributed by atoms with Gasteiger partial charge in [-0.2, -0.15) is 4.73 Å². The molecule has 3 rings (SSSR count). The summed E-state index contributed by atoms with van der Waals surface area (Å²) in [6.07, 6.45) is 1.34. The molecule has 0 saturated carbocycles. The van der Waals surface area contributed by atoms with E-state index in [1.54, 1.807) is 6.07 Å². The fourth-order valence-corrected chi connectivity index (χ4v) is 2.99. The molecule has 0 bridgehead atoms. The highest BCUT2D eigenvalue weighted by Gasteiger charge is 2.25. The molecule has 0 fully saturated rings. The van der Waals surface area contributed by atoms with E-state index in [1.807, 2.05) is 57.2 Å². The quantitative estimate of drug-likeness (QED) is 0.421. The van der Waals surface area contributed by atoms with Gasteiger partial charge in [0.15, 0.2) is 17.7 Å². The van der Waals surface area contributed by atoms with Crippen molar-refractivity contribution in [3.8, 4) is 5.75 Å². The van der Waals surface area contributed by atoms with Crippen molar-refractivity contribution in [3.05, 3.63) is 65.0 Å². The second-order valence-corrected chi connectivity index (χ2v) is 6.56. The maximum atomic E-state index is 12.8. The average Bonchev–Trinajstić information content (AvgIpc) is 2.64. The summed E-state index contributed by atoms with van der Waals surface area (Å²) >= 11 is 0. The van der Waals surface area contributed by atoms with E-state index >= 15 is 0 Å². The zero-order valence-corrected chi connectivity index (χ0v) is 15.4. The molecular weight excluding hydrogens is 328 g/mol. The summed E-state index contributed by atoms with van der Waals surface area (Å²) in [5.41, 5.74) is 3.33. The molecule has 0 aliphatic heterocycles. The molecule has 0 amide bonds. The highest BCUT2D eigenvalue weighted by Crippen LogP contribution is 2.34. The van der Waals surface area contributed by atoms with Gasteiger partial charge in [-0.15, -0.1) is 0 Å². The molecule has 1 heterocycles. The summed E-state index contributed by atoms with van der Waals surface area (Å²) in [4.78, 5) is 12.8. The number of nitrogens with zero attached hydrogens (tertiary/aromatic N) is 1. The van der Waals surface area contributed by atoms with Crippen molar-refractivity contribution in [1.82, 2.24) is 0 Å². The van der Waals surface area contributed by atoms with Gasteiger partial charge in [0.2, 0.25) is 0 Å². The van der Waals surface area contributed by atoms with Gasteiger partial charge in [-0.3, -0.25) is 4.79 Å². The van der Waals surface area contributed by atoms with E-state index in [4.69, 9.17) is 4.74 Å². The number of ketones is 1. The fourth-order valence-electron chi connectivity index (χ4n) is 2.99. The number of carbonyl (C=O) groups excluding carboxylic acids is 1. The van der Waals surface area contributed by atoms with E-state index in [0.29, 0.717) is 32.6 Å². The summed E-state index contributed by atoms with van der Waals surface area (Å²) < 4.78 is 6.07. The number of aromatic nitrogens is 1. The number of ether oxygens (including phenoxy) is 1. The smallest absolute Gasteiger partial charge is 0.268 e. The van der Waals surface area contributed by atoms with Crippen molar-refractivity contribution < 1.29 is 14.3 Å². The Bertz CT molecular complexity index is 980. The lowest BCUT2D eigenvalue weighted by molar-refractivity contribution is -0.577. The largest absolute Gasteiger partial charge is 0.618 e. The minimum Gasteiger partial charge on any atom is -0.618 e. The molecule has 0 spiro atoms. The van der Waals surface area contributed by atoms with Crippen LogP contribution in [0, 0.1) is 18.0 Å². The first kappa shape index (κ1) is 17.7. The number of carbonyl (C=O) groups is 1. The van der Waals surface area contributed by atoms with Gasteiger partial charge in [-0.1, -0.05) is 38.1 Å². The average molecular weight is 350 g/mol. The third-order valence-corrected chi connectivity index (χ3v) is 4.42. The SMILES string of the molecule is COc1cccc2c(Nc3ccccc3C)c(C(=O)C(C)C)c[n+]([O-])c12. The molecule has 5 heteroatoms. The number of hydrogen-bond acceptors (Lipinski definition) is 4. The van der Waals surface area contributed by atoms with Gasteiger partial charge in [0, 0.05) is 11.6 Å². The van der Waals surface area contributed by atoms with Crippen molar-refractivity contribution in [3.63, 3.8) is 0 Å². The van der Waals surface area contributed by atoms with E-state index in [1.165, 1.54) is 13.3 Å². The summed E-state index contributed by atoms with van der Waals surface area (Å²) in [7, 11) is 1.52. The molecule has 0 unspecified atom stereocenters. The van der Waals surface area contributed by atoms with Crippen molar-refractivity contribution in [1.29, 1.82) is 0 Å². The zero-order valence-electron chi connectivity index (χ0n) is 15.4. The Morgan fingerprint density at radius 1 is 1.15 bits per heavy atom. The van der Waals surface area contributed by atoms with E-state index in [9.17, 15) is 10.0 Å². The Hall–Kier alpha value is -3.08. The second kappa shape index (κ2) is 7.04. The molecule has 0 aliphatic rings. The molecule has 0 atom stereocenters. The van der Waals surface area contributed by atoms with Gasteiger partial charge >= 0.3 is 0 Å². The Morgan fingerprint density at radius 2 is 1.88 bits per heavy atom. The van der Waals surface area contributed by atoms with Gasteiger partial charge in [0.05, 0.1) is 18.2 Å². The van der Waals surface area contributed by atoms with Gasteiger partial charge < -0.3 is 15.3 Å². The molecule has 1 aromatic heterocycles. The van der Waals surface area contributed by atoms with Crippen molar-refractivity contribution in [2.45, 2.75) is 20.8 Å². The number of rotatable bonds is 5. The molecule has 134 valence electrons. The third-order valence-electron chi connectivity index (χ3n) is 4.42. The van der Waals surface area contributed by atoms with Crippen LogP contribution in [0.5, 0.6) is 5.75 Å². The first-order valence-corrected chi connectivity index (χ1v) is 8.53. The lowest BCUT2D eigenvalue weighted by atomic mass is 9.98. The lowest BCUT2D eigenvalue weighted by Crippen LogP contribution is -2.30. The number of methoxy groups -OCH3 is 1. The number of aryl methyl sites for hydroxylation is 1. The van der Waals surface area contributed by atoms with Crippen molar-refractivity contribution in [2.75, 3.05) is 12.4 Å². The minimum absolute atomic E-state index is 0.0876. The molecule has 5 nitrogen and oxygen atoms in total. The standard InChI is InChI=1S/C21H22N2O3/c1-13(2)21(24)16-12-23(25)20-15(9-7-11-18(20)26-4)19(16)22-17-10-6-5-8-14(17)3/h5-13,22H,1-4H3. The summed E-state index contributed by atoms with van der Waals surface area (Å²) in [5.74, 6) is 0.153. The van der Waals surface area contributed by atoms with Crippen LogP contribution in [0.2, 0.25) is 0 Å². The molecule has 26 heavy (non-hydrogen) atoms. The number of nitrogens with one attached hydrogen (secondary N) is 1. The van der Waals surface area contributed by atoms with Crippen LogP contribution in [0.25, 0.3) is 10.9 Å². The summed E-state index contributed by atoms with van der Waals surface area (Å²) in [5, 5.41) is 16.7. The molecular formula is C21H22N2O3. The van der Waals surface area contributed by atoms with E-state index in [2.05, 4.69) is 5.32 Å². The predicted octanol–water partition coefficient (Wildman–Crippen LogP) is 4.37. The highest BCUT2D eigenvalue weighted by atomic mass is 16.5. The summed E-state index contributed by atoms with van der Waals surface area (Å²) in [6, 6.07) is 13.2. The highest BCUT2D eigenvalue weighted by molar-refractivity contribution is 6.09. The van der Waals surface area contributed by atoms with Gasteiger partial charge in [0.1, 0.15) is 5.56 Å². The van der Waals surface area contributed by atoms with Crippen LogP contribution >= 0.6 is 0 Å². The molecule has 0 aliphatic carbocycles. The van der Waals surface area contributed by atoms with Crippen LogP contribution in [0.15, 0.2) is 48.7 Å². The number of hydrogen-bond donors (Lipinski definition) is 1. The van der Waals surface area contributed by atoms with E-state index < -0.39 is 0 Å². The molecule has 2 aromatic carbocycles. The molecule has 3 aromatic rings. The van der Waals surface area contributed by atoms with Crippen LogP contribution in [0.1, 0.15) is 29.8 Å². The third kappa shape index (κ3) is 3.08. The van der Waals surface area contributed by atoms with Crippen LogP contribution in [-0.2, 0) is 0 Å². The maximum absolute atomic E-state index is 12.8. The molecule has 0 radical (unpaired) electrons. The first-order valence-electron chi connectivity index (χ1n) is 8.53. The predicted molar refractivity (Wildman–Crippen MR) is 103 cm³/mol. The maximum Gasteiger partial charge on any atom is 0.268 e. The number of benzene rings is 2. The van der Waals surface area contributed by atoms with Crippen LogP contribution < -0.4 is 14.8 Å². The van der Waals surface area contributed by atoms with Crippen molar-refractivity contribution >= 4 is 28.1 Å². The Kier molecular flexibility index (Phi) is 4.80. The monoisotopic (exact) mass is 350 g/mol. The summed E-state index contributed by atoms with van der Waals surface area (Å²) in [6.45, 7) is 5.64. The van der Waals surface area contributed by atoms with Gasteiger partial charge in [-0.05, 0) is 30.7 Å². The number of para-hydroxylation sites is 2. The molecule has 0 saturated heterocycles. The fraction of sp³-hybridized carbons (Fsp3) is 0.238. The van der Waals surface area contributed by atoms with E-state index in [0.717, 1.165) is 11.3 Å². The second-order valence-electron chi connectivity index (χ2n) is 6.56. The van der Waals surface area contributed by atoms with Gasteiger partial charge in [0.25, 0.3) is 5.52 Å². The lowest BCUT2D eigenvalue weighted by Gasteiger charge is -2.17. The zero-order chi connectivity index (χ0) is 18.8. The van der Waals surface area contributed by atoms with Crippen LogP contribution in [0.3, 0.4) is 0 Å². The van der Waals surface area contributed by atoms with Gasteiger partial charge in [-0.25, -0.2) is 0 Å². The Morgan fingerprint density at radius 3 is 2.54 bits per heavy atom. The molecule has 1 N–H and O–H groups in total. The van der Waals surface area contributed by atoms with Crippen molar-refractivity contribution in [2.24, 2.45) is 5.92 Å². The Labute approximate surface area is 152 Å². The number of Topliss-reactive ketones (excluding diaryl/α,β-unsaturated/α-hetero) is 1. The van der Waals surface area contributed by atoms with E-state index in [-0.39, 0.29) is 11.7 Å². The Balaban J connectivity index is 2.32. The number of pyridine rings is 1. The normalized spacial score (nSPS) is 11.0. The van der Waals surface area contributed by atoms with Crippen LogP contribution in [0.4, 0.5) is 11.4 Å². The first-order chi connectivity index (χ1) is 12.4. The minimum atomic E-state index is -0.226. The van der Waals surface area contributed by atoms with Crippen LogP contribution in [-0.4, -0.2) is 12.9 Å². The topological polar surface area (TPSA) is 65.3 Å². The number of anilines is 2. The number of fused-ring (bicyclic) bond motifs is 1.